The number of anilines is 4. The molecule has 4 aromatic rings. The minimum Gasteiger partial charge on any atom is -0.354 e. The van der Waals surface area contributed by atoms with Crippen LogP contribution in [0.4, 0.5) is 23.1 Å². The van der Waals surface area contributed by atoms with E-state index in [1.807, 2.05) is 92.1 Å². The third-order valence-corrected chi connectivity index (χ3v) is 6.24. The average molecular weight is 509 g/mol. The molecule has 0 aliphatic carbocycles. The molecule has 5 rings (SSSR count). The van der Waals surface area contributed by atoms with Gasteiger partial charge in [-0.1, -0.05) is 36.4 Å². The molecule has 0 spiro atoms. The summed E-state index contributed by atoms with van der Waals surface area (Å²) in [6.45, 7) is 4.55. The Kier molecular flexibility index (Phi) is 7.86. The quantitative estimate of drug-likeness (QED) is 0.308. The maximum atomic E-state index is 12.3. The number of carbonyl (C=O) groups excluding carboxylic acids is 1. The second-order valence-corrected chi connectivity index (χ2v) is 9.44. The van der Waals surface area contributed by atoms with Crippen LogP contribution in [-0.2, 0) is 4.79 Å². The minimum absolute atomic E-state index is 0.160. The highest BCUT2D eigenvalue weighted by atomic mass is 16.1. The van der Waals surface area contributed by atoms with Gasteiger partial charge in [-0.3, -0.25) is 4.79 Å². The molecule has 0 bridgehead atoms. The lowest BCUT2D eigenvalue weighted by Gasteiger charge is -2.28. The zero-order valence-electron chi connectivity index (χ0n) is 21.7. The first-order valence-corrected chi connectivity index (χ1v) is 12.7. The summed E-state index contributed by atoms with van der Waals surface area (Å²) in [4.78, 5) is 30.6. The Morgan fingerprint density at radius 2 is 1.87 bits per heavy atom. The van der Waals surface area contributed by atoms with Crippen molar-refractivity contribution in [3.8, 4) is 11.1 Å². The molecular weight excluding hydrogens is 476 g/mol. The van der Waals surface area contributed by atoms with Crippen molar-refractivity contribution in [2.45, 2.75) is 0 Å². The largest absolute Gasteiger partial charge is 0.354 e. The van der Waals surface area contributed by atoms with Crippen molar-refractivity contribution in [3.63, 3.8) is 0 Å². The molecule has 1 aliphatic heterocycles. The van der Waals surface area contributed by atoms with Crippen molar-refractivity contribution in [2.75, 3.05) is 62.4 Å². The highest BCUT2D eigenvalue weighted by molar-refractivity contribution is 6.00. The summed E-state index contributed by atoms with van der Waals surface area (Å²) in [5.74, 6) is 1.31. The zero-order chi connectivity index (χ0) is 26.3. The fraction of sp³-hybridized carbons (Fsp3) is 0.241. The number of likely N-dealkylation sites (N-methyl/N-ethyl adjacent to an activating group) is 1. The first-order valence-electron chi connectivity index (χ1n) is 12.7. The molecular formula is C29H32N8O. The van der Waals surface area contributed by atoms with Gasteiger partial charge in [0.15, 0.2) is 0 Å². The van der Waals surface area contributed by atoms with Crippen LogP contribution in [0.15, 0.2) is 79.1 Å². The van der Waals surface area contributed by atoms with Gasteiger partial charge in [0.1, 0.15) is 5.82 Å². The molecule has 0 saturated carbocycles. The normalized spacial score (nSPS) is 13.8. The number of nitrogens with one attached hydrogen (secondary N) is 3. The Labute approximate surface area is 222 Å². The third-order valence-electron chi connectivity index (χ3n) is 6.24. The number of hydrogen-bond acceptors (Lipinski definition) is 8. The number of piperazine rings is 1. The second kappa shape index (κ2) is 11.8. The van der Waals surface area contributed by atoms with Gasteiger partial charge in [0.05, 0.1) is 17.4 Å². The summed E-state index contributed by atoms with van der Waals surface area (Å²) in [6.07, 6.45) is 7.03. The Bertz CT molecular complexity index is 1430. The molecule has 1 saturated heterocycles. The summed E-state index contributed by atoms with van der Waals surface area (Å²) in [5.41, 5.74) is 4.29. The highest BCUT2D eigenvalue weighted by Gasteiger charge is 2.12. The molecule has 9 heteroatoms. The molecule has 194 valence electrons. The summed E-state index contributed by atoms with van der Waals surface area (Å²) < 4.78 is 0. The molecule has 0 atom stereocenters. The van der Waals surface area contributed by atoms with Crippen molar-refractivity contribution in [2.24, 2.45) is 0 Å². The van der Waals surface area contributed by atoms with Gasteiger partial charge < -0.3 is 25.8 Å². The number of aromatic nitrogens is 3. The van der Waals surface area contributed by atoms with E-state index in [9.17, 15) is 4.79 Å². The monoisotopic (exact) mass is 508 g/mol. The van der Waals surface area contributed by atoms with Crippen LogP contribution in [0.1, 0.15) is 0 Å². The fourth-order valence-electron chi connectivity index (χ4n) is 4.34. The predicted molar refractivity (Wildman–Crippen MR) is 154 cm³/mol. The Morgan fingerprint density at radius 3 is 2.66 bits per heavy atom. The SMILES string of the molecule is CN(C)CC=CC(=O)Nc1cccc(-c2cccc3cnc(Nc4ccc(N5CCNCC5)nc4)nc23)c1. The first kappa shape index (κ1) is 25.3. The van der Waals surface area contributed by atoms with E-state index in [4.69, 9.17) is 4.98 Å². The van der Waals surface area contributed by atoms with Crippen molar-refractivity contribution >= 4 is 40.0 Å². The van der Waals surface area contributed by atoms with E-state index < -0.39 is 0 Å². The second-order valence-electron chi connectivity index (χ2n) is 9.44. The number of benzene rings is 2. The number of pyridine rings is 1. The molecule has 38 heavy (non-hydrogen) atoms. The van der Waals surface area contributed by atoms with E-state index in [0.717, 1.165) is 65.4 Å². The number of nitrogens with zero attached hydrogens (tertiary/aromatic N) is 5. The Hall–Kier alpha value is -4.34. The lowest BCUT2D eigenvalue weighted by atomic mass is 10.0. The Balaban J connectivity index is 1.35. The van der Waals surface area contributed by atoms with E-state index in [1.54, 1.807) is 6.08 Å². The van der Waals surface area contributed by atoms with Crippen LogP contribution >= 0.6 is 0 Å². The number of fused-ring (bicyclic) bond motifs is 1. The molecule has 2 aromatic heterocycles. The van der Waals surface area contributed by atoms with Gasteiger partial charge in [-0.15, -0.1) is 0 Å². The lowest BCUT2D eigenvalue weighted by Crippen LogP contribution is -2.43. The Morgan fingerprint density at radius 1 is 1.03 bits per heavy atom. The molecule has 1 fully saturated rings. The molecule has 0 unspecified atom stereocenters. The van der Waals surface area contributed by atoms with E-state index >= 15 is 0 Å². The van der Waals surface area contributed by atoms with Crippen molar-refractivity contribution in [1.29, 1.82) is 0 Å². The van der Waals surface area contributed by atoms with E-state index in [2.05, 4.69) is 30.8 Å². The van der Waals surface area contributed by atoms with E-state index in [0.29, 0.717) is 12.5 Å². The van der Waals surface area contributed by atoms with Crippen LogP contribution < -0.4 is 20.9 Å². The van der Waals surface area contributed by atoms with Gasteiger partial charge in [0.2, 0.25) is 11.9 Å². The highest BCUT2D eigenvalue weighted by Crippen LogP contribution is 2.30. The average Bonchev–Trinajstić information content (AvgIpc) is 2.93. The van der Waals surface area contributed by atoms with Crippen LogP contribution in [0.3, 0.4) is 0 Å². The van der Waals surface area contributed by atoms with Crippen LogP contribution in [0.2, 0.25) is 0 Å². The minimum atomic E-state index is -0.160. The third kappa shape index (κ3) is 6.31. The van der Waals surface area contributed by atoms with Gasteiger partial charge >= 0.3 is 0 Å². The molecule has 2 aromatic carbocycles. The summed E-state index contributed by atoms with van der Waals surface area (Å²) >= 11 is 0. The van der Waals surface area contributed by atoms with Gasteiger partial charge in [-0.05, 0) is 43.9 Å². The van der Waals surface area contributed by atoms with Crippen molar-refractivity contribution in [1.82, 2.24) is 25.2 Å². The number of rotatable bonds is 8. The topological polar surface area (TPSA) is 98.3 Å². The van der Waals surface area contributed by atoms with Gasteiger partial charge in [-0.25, -0.2) is 15.0 Å². The molecule has 1 aliphatic rings. The van der Waals surface area contributed by atoms with Crippen LogP contribution in [-0.4, -0.2) is 72.6 Å². The number of carbonyl (C=O) groups is 1. The van der Waals surface area contributed by atoms with Gasteiger partial charge in [0, 0.05) is 61.6 Å². The van der Waals surface area contributed by atoms with Crippen molar-refractivity contribution in [3.05, 3.63) is 79.1 Å². The van der Waals surface area contributed by atoms with E-state index in [-0.39, 0.29) is 5.91 Å². The summed E-state index contributed by atoms with van der Waals surface area (Å²) in [5, 5.41) is 10.5. The van der Waals surface area contributed by atoms with Gasteiger partial charge in [0.25, 0.3) is 0 Å². The van der Waals surface area contributed by atoms with Crippen LogP contribution in [0.25, 0.3) is 22.0 Å². The number of para-hydroxylation sites is 1. The predicted octanol–water partition coefficient (Wildman–Crippen LogP) is 3.90. The molecule has 0 radical (unpaired) electrons. The zero-order valence-corrected chi connectivity index (χ0v) is 21.7. The first-order chi connectivity index (χ1) is 18.5. The molecule has 9 nitrogen and oxygen atoms in total. The lowest BCUT2D eigenvalue weighted by molar-refractivity contribution is -0.111. The van der Waals surface area contributed by atoms with Gasteiger partial charge in [-0.2, -0.15) is 0 Å². The number of hydrogen-bond donors (Lipinski definition) is 3. The molecule has 3 heterocycles. The molecule has 3 N–H and O–H groups in total. The standard InChI is InChI=1S/C29H32N8O/c1-36(2)15-5-10-27(38)33-23-8-3-6-21(18-23)25-9-4-7-22-19-32-29(35-28(22)25)34-24-11-12-26(31-20-24)37-16-13-30-14-17-37/h3-12,18-20,30H,13-17H2,1-2H3,(H,33,38)(H,32,34,35). The maximum absolute atomic E-state index is 12.3. The fourth-order valence-corrected chi connectivity index (χ4v) is 4.34. The van der Waals surface area contributed by atoms with Crippen molar-refractivity contribution < 1.29 is 4.79 Å². The maximum Gasteiger partial charge on any atom is 0.248 e. The summed E-state index contributed by atoms with van der Waals surface area (Å²) in [7, 11) is 3.92. The van der Waals surface area contributed by atoms with E-state index in [1.165, 1.54) is 0 Å². The van der Waals surface area contributed by atoms with Crippen LogP contribution in [0.5, 0.6) is 0 Å². The summed E-state index contributed by atoms with van der Waals surface area (Å²) in [6, 6.07) is 17.8. The van der Waals surface area contributed by atoms with Crippen LogP contribution in [0, 0.1) is 0 Å². The molecule has 1 amide bonds. The number of amides is 1. The smallest absolute Gasteiger partial charge is 0.248 e.